The van der Waals surface area contributed by atoms with E-state index in [0.717, 1.165) is 12.0 Å². The number of hydrogen-bond donors (Lipinski definition) is 0. The minimum atomic E-state index is -0.607. The first-order valence-electron chi connectivity index (χ1n) is 6.31. The van der Waals surface area contributed by atoms with Gasteiger partial charge in [0.15, 0.2) is 6.10 Å². The van der Waals surface area contributed by atoms with Crippen molar-refractivity contribution < 1.29 is 19.0 Å². The molecule has 4 heteroatoms. The van der Waals surface area contributed by atoms with E-state index in [1.54, 1.807) is 6.08 Å². The van der Waals surface area contributed by atoms with Crippen molar-refractivity contribution in [1.82, 2.24) is 0 Å². The number of ether oxygens (including phenoxy) is 3. The summed E-state index contributed by atoms with van der Waals surface area (Å²) in [5.41, 5.74) is 1.12. The van der Waals surface area contributed by atoms with Crippen LogP contribution in [-0.4, -0.2) is 31.9 Å². The molecular weight excluding hydrogens is 244 g/mol. The van der Waals surface area contributed by atoms with Crippen LogP contribution < -0.4 is 0 Å². The molecule has 102 valence electrons. The second-order valence-corrected chi connectivity index (χ2v) is 4.37. The highest BCUT2D eigenvalue weighted by Gasteiger charge is 2.24. The summed E-state index contributed by atoms with van der Waals surface area (Å²) >= 11 is 0. The van der Waals surface area contributed by atoms with Gasteiger partial charge in [0.1, 0.15) is 0 Å². The highest BCUT2D eigenvalue weighted by atomic mass is 16.6. The summed E-state index contributed by atoms with van der Waals surface area (Å²) in [6.07, 6.45) is 3.70. The van der Waals surface area contributed by atoms with E-state index in [2.05, 4.69) is 4.74 Å². The first-order valence-corrected chi connectivity index (χ1v) is 6.31. The first-order chi connectivity index (χ1) is 9.29. The van der Waals surface area contributed by atoms with Crippen molar-refractivity contribution in [3.8, 4) is 0 Å². The molecule has 0 unspecified atom stereocenters. The number of hydrogen-bond acceptors (Lipinski definition) is 4. The number of benzene rings is 1. The van der Waals surface area contributed by atoms with E-state index in [1.165, 1.54) is 7.11 Å². The minimum Gasteiger partial charge on any atom is -0.467 e. The summed E-state index contributed by atoms with van der Waals surface area (Å²) in [5.74, 6) is -0.371. The maximum absolute atomic E-state index is 11.4. The first kappa shape index (κ1) is 13.8. The fraction of sp³-hybridized carbons (Fsp3) is 0.400. The Morgan fingerprint density at radius 1 is 1.37 bits per heavy atom. The number of carbonyl (C=O) groups excluding carboxylic acids is 1. The van der Waals surface area contributed by atoms with Crippen molar-refractivity contribution in [1.29, 1.82) is 0 Å². The molecule has 1 aromatic rings. The normalized spacial score (nSPS) is 22.2. The molecule has 1 aromatic carbocycles. The molecule has 0 fully saturated rings. The summed E-state index contributed by atoms with van der Waals surface area (Å²) in [6, 6.07) is 9.95. The van der Waals surface area contributed by atoms with Crippen LogP contribution in [0, 0.1) is 0 Å². The van der Waals surface area contributed by atoms with E-state index in [4.69, 9.17) is 9.47 Å². The van der Waals surface area contributed by atoms with Gasteiger partial charge >= 0.3 is 5.97 Å². The van der Waals surface area contributed by atoms with Crippen LogP contribution in [0.2, 0.25) is 0 Å². The van der Waals surface area contributed by atoms with Crippen LogP contribution in [-0.2, 0) is 25.6 Å². The van der Waals surface area contributed by atoms with Gasteiger partial charge in [0.25, 0.3) is 0 Å². The van der Waals surface area contributed by atoms with Crippen molar-refractivity contribution in [2.24, 2.45) is 0 Å². The molecule has 0 bridgehead atoms. The van der Waals surface area contributed by atoms with Gasteiger partial charge in [-0.1, -0.05) is 36.4 Å². The largest absolute Gasteiger partial charge is 0.467 e. The Hall–Kier alpha value is -1.65. The summed E-state index contributed by atoms with van der Waals surface area (Å²) in [7, 11) is 1.36. The van der Waals surface area contributed by atoms with Gasteiger partial charge in [0, 0.05) is 0 Å². The Morgan fingerprint density at radius 2 is 2.16 bits per heavy atom. The van der Waals surface area contributed by atoms with Crippen LogP contribution in [0.4, 0.5) is 0 Å². The lowest BCUT2D eigenvalue weighted by Gasteiger charge is -2.24. The highest BCUT2D eigenvalue weighted by Crippen LogP contribution is 2.14. The lowest BCUT2D eigenvalue weighted by Crippen LogP contribution is -2.33. The molecule has 0 N–H and O–H groups in total. The molecule has 0 aliphatic carbocycles. The molecule has 0 saturated heterocycles. The Labute approximate surface area is 113 Å². The van der Waals surface area contributed by atoms with Crippen LogP contribution in [0.3, 0.4) is 0 Å². The van der Waals surface area contributed by atoms with Gasteiger partial charge in [0.05, 0.1) is 26.4 Å². The van der Waals surface area contributed by atoms with E-state index in [0.29, 0.717) is 13.2 Å². The van der Waals surface area contributed by atoms with Gasteiger partial charge < -0.3 is 14.2 Å². The van der Waals surface area contributed by atoms with Crippen LogP contribution in [0.1, 0.15) is 12.0 Å². The number of rotatable bonds is 5. The van der Waals surface area contributed by atoms with Crippen molar-refractivity contribution in [3.63, 3.8) is 0 Å². The zero-order valence-electron chi connectivity index (χ0n) is 11.0. The number of methoxy groups -OCH3 is 1. The topological polar surface area (TPSA) is 44.8 Å². The molecule has 0 amide bonds. The van der Waals surface area contributed by atoms with Crippen LogP contribution in [0.5, 0.6) is 0 Å². The maximum Gasteiger partial charge on any atom is 0.339 e. The monoisotopic (exact) mass is 262 g/mol. The molecule has 1 heterocycles. The van der Waals surface area contributed by atoms with Gasteiger partial charge in [-0.15, -0.1) is 0 Å². The molecule has 2 rings (SSSR count). The molecule has 2 atom stereocenters. The Bertz CT molecular complexity index is 427. The maximum atomic E-state index is 11.4. The third kappa shape index (κ3) is 4.19. The predicted molar refractivity (Wildman–Crippen MR) is 70.5 cm³/mol. The molecule has 0 aromatic heterocycles. The van der Waals surface area contributed by atoms with Crippen molar-refractivity contribution in [2.45, 2.75) is 25.2 Å². The second kappa shape index (κ2) is 7.07. The van der Waals surface area contributed by atoms with Crippen molar-refractivity contribution in [3.05, 3.63) is 48.0 Å². The standard InChI is InChI=1S/C15H18O4/c1-17-15(16)14-9-5-8-13(19-14)11-18-10-12-6-3-2-4-7-12/h2-7,9,13-14H,8,10-11H2,1H3/t13-,14+/m1/s1. The quantitative estimate of drug-likeness (QED) is 0.602. The molecule has 4 nitrogen and oxygen atoms in total. The van der Waals surface area contributed by atoms with Gasteiger partial charge in [-0.05, 0) is 18.1 Å². The third-order valence-corrected chi connectivity index (χ3v) is 2.90. The van der Waals surface area contributed by atoms with E-state index in [-0.39, 0.29) is 12.1 Å². The number of esters is 1. The van der Waals surface area contributed by atoms with Gasteiger partial charge in [-0.25, -0.2) is 4.79 Å². The minimum absolute atomic E-state index is 0.0992. The molecule has 1 aliphatic rings. The molecule has 0 radical (unpaired) electrons. The van der Waals surface area contributed by atoms with E-state index in [9.17, 15) is 4.79 Å². The molecule has 0 spiro atoms. The lowest BCUT2D eigenvalue weighted by atomic mass is 10.1. The summed E-state index contributed by atoms with van der Waals surface area (Å²) in [6.45, 7) is 1.01. The smallest absolute Gasteiger partial charge is 0.339 e. The van der Waals surface area contributed by atoms with E-state index < -0.39 is 6.10 Å². The van der Waals surface area contributed by atoms with Crippen LogP contribution in [0.15, 0.2) is 42.5 Å². The molecule has 0 saturated carbocycles. The molecular formula is C15H18O4. The van der Waals surface area contributed by atoms with Gasteiger partial charge in [-0.3, -0.25) is 0 Å². The van der Waals surface area contributed by atoms with E-state index >= 15 is 0 Å². The fourth-order valence-electron chi connectivity index (χ4n) is 1.90. The lowest BCUT2D eigenvalue weighted by molar-refractivity contribution is -0.157. The zero-order valence-corrected chi connectivity index (χ0v) is 11.0. The van der Waals surface area contributed by atoms with Gasteiger partial charge in [-0.2, -0.15) is 0 Å². The summed E-state index contributed by atoms with van der Waals surface area (Å²) in [4.78, 5) is 11.4. The SMILES string of the molecule is COC(=O)[C@@H]1C=CC[C@H](COCc2ccccc2)O1. The average Bonchev–Trinajstić information content (AvgIpc) is 2.48. The fourth-order valence-corrected chi connectivity index (χ4v) is 1.90. The number of carbonyl (C=O) groups is 1. The Morgan fingerprint density at radius 3 is 2.89 bits per heavy atom. The van der Waals surface area contributed by atoms with Gasteiger partial charge in [0.2, 0.25) is 0 Å². The summed E-state index contributed by atoms with van der Waals surface area (Å²) in [5, 5.41) is 0. The van der Waals surface area contributed by atoms with E-state index in [1.807, 2.05) is 36.4 Å². The highest BCUT2D eigenvalue weighted by molar-refractivity contribution is 5.76. The average molecular weight is 262 g/mol. The van der Waals surface area contributed by atoms with Crippen LogP contribution >= 0.6 is 0 Å². The molecule has 19 heavy (non-hydrogen) atoms. The molecule has 1 aliphatic heterocycles. The summed E-state index contributed by atoms with van der Waals surface area (Å²) < 4.78 is 15.9. The Balaban J connectivity index is 1.75. The van der Waals surface area contributed by atoms with Crippen molar-refractivity contribution >= 4 is 5.97 Å². The second-order valence-electron chi connectivity index (χ2n) is 4.37. The zero-order chi connectivity index (χ0) is 13.5. The van der Waals surface area contributed by atoms with Crippen molar-refractivity contribution in [2.75, 3.05) is 13.7 Å². The van der Waals surface area contributed by atoms with Crippen LogP contribution in [0.25, 0.3) is 0 Å². The third-order valence-electron chi connectivity index (χ3n) is 2.90. The predicted octanol–water partition coefficient (Wildman–Crippen LogP) is 2.09. The Kier molecular flexibility index (Phi) is 5.12.